The van der Waals surface area contributed by atoms with Gasteiger partial charge in [0.1, 0.15) is 0 Å². The number of aliphatic hydroxyl groups excluding tert-OH is 1. The van der Waals surface area contributed by atoms with Crippen molar-refractivity contribution in [2.45, 2.75) is 59.0 Å². The molecular formula is C14H30N2O. The van der Waals surface area contributed by atoms with Gasteiger partial charge in [-0.05, 0) is 37.3 Å². The maximum absolute atomic E-state index is 9.61. The third kappa shape index (κ3) is 3.94. The van der Waals surface area contributed by atoms with Gasteiger partial charge in [0, 0.05) is 12.1 Å². The van der Waals surface area contributed by atoms with Gasteiger partial charge in [0.2, 0.25) is 0 Å². The third-order valence-electron chi connectivity index (χ3n) is 4.30. The van der Waals surface area contributed by atoms with Crippen LogP contribution < -0.4 is 5.73 Å². The predicted octanol–water partition coefficient (Wildman–Crippen LogP) is 1.84. The number of nitrogens with zero attached hydrogens (tertiary/aromatic N) is 1. The summed E-state index contributed by atoms with van der Waals surface area (Å²) in [6.45, 7) is 11.1. The van der Waals surface area contributed by atoms with Crippen molar-refractivity contribution in [1.82, 2.24) is 4.90 Å². The van der Waals surface area contributed by atoms with E-state index in [4.69, 9.17) is 5.73 Å². The highest BCUT2D eigenvalue weighted by Gasteiger charge is 2.34. The molecule has 2 unspecified atom stereocenters. The number of likely N-dealkylation sites (tertiary alicyclic amines) is 1. The molecule has 102 valence electrons. The maximum atomic E-state index is 9.61. The van der Waals surface area contributed by atoms with E-state index in [0.29, 0.717) is 0 Å². The van der Waals surface area contributed by atoms with Gasteiger partial charge in [-0.15, -0.1) is 0 Å². The van der Waals surface area contributed by atoms with Gasteiger partial charge in [-0.25, -0.2) is 0 Å². The van der Waals surface area contributed by atoms with E-state index < -0.39 is 0 Å². The van der Waals surface area contributed by atoms with Crippen LogP contribution in [-0.4, -0.2) is 41.8 Å². The molecule has 1 fully saturated rings. The van der Waals surface area contributed by atoms with Gasteiger partial charge in [0.05, 0.1) is 6.61 Å². The molecule has 3 heteroatoms. The first-order valence-electron chi connectivity index (χ1n) is 7.00. The molecule has 0 spiro atoms. The van der Waals surface area contributed by atoms with Gasteiger partial charge in [0.25, 0.3) is 0 Å². The first-order valence-corrected chi connectivity index (χ1v) is 7.00. The van der Waals surface area contributed by atoms with Gasteiger partial charge < -0.3 is 10.8 Å². The summed E-state index contributed by atoms with van der Waals surface area (Å²) in [5.41, 5.74) is 6.35. The second kappa shape index (κ2) is 6.17. The molecule has 0 aliphatic carbocycles. The molecule has 3 N–H and O–H groups in total. The van der Waals surface area contributed by atoms with Gasteiger partial charge in [0.15, 0.2) is 0 Å². The van der Waals surface area contributed by atoms with Crippen LogP contribution in [0.4, 0.5) is 0 Å². The summed E-state index contributed by atoms with van der Waals surface area (Å²) in [6.07, 6.45) is 3.79. The second-order valence-electron chi connectivity index (χ2n) is 6.53. The smallest absolute Gasteiger partial charge is 0.0602 e. The van der Waals surface area contributed by atoms with Crippen LogP contribution in [0.1, 0.15) is 47.0 Å². The zero-order valence-electron chi connectivity index (χ0n) is 11.9. The van der Waals surface area contributed by atoms with Crippen LogP contribution in [0.2, 0.25) is 0 Å². The zero-order valence-corrected chi connectivity index (χ0v) is 11.9. The van der Waals surface area contributed by atoms with E-state index in [2.05, 4.69) is 32.6 Å². The lowest BCUT2D eigenvalue weighted by Gasteiger charge is -2.43. The van der Waals surface area contributed by atoms with Crippen LogP contribution in [0, 0.1) is 11.3 Å². The van der Waals surface area contributed by atoms with Crippen LogP contribution in [0.25, 0.3) is 0 Å². The average Bonchev–Trinajstić information content (AvgIpc) is 2.29. The summed E-state index contributed by atoms with van der Waals surface area (Å²) in [4.78, 5) is 2.39. The van der Waals surface area contributed by atoms with E-state index in [1.165, 1.54) is 19.3 Å². The van der Waals surface area contributed by atoms with E-state index in [1.807, 2.05) is 0 Å². The summed E-state index contributed by atoms with van der Waals surface area (Å²) in [6, 6.07) is 0.151. The fourth-order valence-corrected chi connectivity index (χ4v) is 2.73. The fourth-order valence-electron chi connectivity index (χ4n) is 2.73. The summed E-state index contributed by atoms with van der Waals surface area (Å²) in [5, 5.41) is 9.61. The molecule has 0 aromatic rings. The number of hydrogen-bond acceptors (Lipinski definition) is 3. The minimum absolute atomic E-state index is 0.0330. The summed E-state index contributed by atoms with van der Waals surface area (Å²) >= 11 is 0. The van der Waals surface area contributed by atoms with Crippen molar-refractivity contribution in [2.75, 3.05) is 19.7 Å². The minimum Gasteiger partial charge on any atom is -0.395 e. The third-order valence-corrected chi connectivity index (χ3v) is 4.30. The van der Waals surface area contributed by atoms with Gasteiger partial charge in [-0.2, -0.15) is 0 Å². The van der Waals surface area contributed by atoms with Crippen molar-refractivity contribution in [1.29, 1.82) is 0 Å². The quantitative estimate of drug-likeness (QED) is 0.791. The van der Waals surface area contributed by atoms with Crippen molar-refractivity contribution in [2.24, 2.45) is 17.1 Å². The molecule has 17 heavy (non-hydrogen) atoms. The van der Waals surface area contributed by atoms with E-state index >= 15 is 0 Å². The first kappa shape index (κ1) is 14.9. The van der Waals surface area contributed by atoms with E-state index in [9.17, 15) is 5.11 Å². The zero-order chi connectivity index (χ0) is 13.1. The van der Waals surface area contributed by atoms with Crippen LogP contribution in [-0.2, 0) is 0 Å². The number of aliphatic hydroxyl groups is 1. The Bertz CT molecular complexity index is 217. The number of nitrogens with two attached hydrogens (primary N) is 1. The lowest BCUT2D eigenvalue weighted by molar-refractivity contribution is 0.0456. The summed E-state index contributed by atoms with van der Waals surface area (Å²) in [5.74, 6) is 0.872. The highest BCUT2D eigenvalue weighted by atomic mass is 16.3. The molecule has 0 radical (unpaired) electrons. The molecule has 3 nitrogen and oxygen atoms in total. The topological polar surface area (TPSA) is 49.5 Å². The SMILES string of the molecule is CCC1CCN(C(CO)C(N)C(C)(C)C)CC1. The summed E-state index contributed by atoms with van der Waals surface area (Å²) < 4.78 is 0. The predicted molar refractivity (Wildman–Crippen MR) is 72.9 cm³/mol. The van der Waals surface area contributed by atoms with Crippen molar-refractivity contribution in [3.8, 4) is 0 Å². The lowest BCUT2D eigenvalue weighted by atomic mass is 9.81. The molecule has 1 rings (SSSR count). The van der Waals surface area contributed by atoms with Crippen molar-refractivity contribution in [3.63, 3.8) is 0 Å². The normalized spacial score (nSPS) is 23.6. The molecular weight excluding hydrogens is 212 g/mol. The van der Waals surface area contributed by atoms with Gasteiger partial charge in [-0.1, -0.05) is 34.1 Å². The average molecular weight is 242 g/mol. The largest absolute Gasteiger partial charge is 0.395 e. The molecule has 1 aliphatic heterocycles. The molecule has 1 saturated heterocycles. The molecule has 0 aromatic heterocycles. The van der Waals surface area contributed by atoms with Crippen molar-refractivity contribution >= 4 is 0 Å². The Morgan fingerprint density at radius 1 is 1.29 bits per heavy atom. The van der Waals surface area contributed by atoms with Crippen LogP contribution in [0.15, 0.2) is 0 Å². The Morgan fingerprint density at radius 2 is 1.82 bits per heavy atom. The first-order chi connectivity index (χ1) is 7.90. The van der Waals surface area contributed by atoms with E-state index in [-0.39, 0.29) is 24.1 Å². The van der Waals surface area contributed by atoms with Crippen LogP contribution >= 0.6 is 0 Å². The van der Waals surface area contributed by atoms with E-state index in [0.717, 1.165) is 19.0 Å². The Labute approximate surface area is 106 Å². The molecule has 2 atom stereocenters. The highest BCUT2D eigenvalue weighted by molar-refractivity contribution is 4.91. The maximum Gasteiger partial charge on any atom is 0.0602 e. The highest BCUT2D eigenvalue weighted by Crippen LogP contribution is 2.27. The van der Waals surface area contributed by atoms with Gasteiger partial charge in [-0.3, -0.25) is 4.90 Å². The summed E-state index contributed by atoms with van der Waals surface area (Å²) in [7, 11) is 0. The van der Waals surface area contributed by atoms with Crippen LogP contribution in [0.3, 0.4) is 0 Å². The molecule has 0 saturated carbocycles. The fraction of sp³-hybridized carbons (Fsp3) is 1.00. The van der Waals surface area contributed by atoms with Gasteiger partial charge >= 0.3 is 0 Å². The van der Waals surface area contributed by atoms with E-state index in [1.54, 1.807) is 0 Å². The minimum atomic E-state index is 0.0330. The molecule has 0 aromatic carbocycles. The van der Waals surface area contributed by atoms with Crippen molar-refractivity contribution < 1.29 is 5.11 Å². The Hall–Kier alpha value is -0.120. The number of rotatable bonds is 4. The van der Waals surface area contributed by atoms with Crippen LogP contribution in [0.5, 0.6) is 0 Å². The monoisotopic (exact) mass is 242 g/mol. The Morgan fingerprint density at radius 3 is 2.18 bits per heavy atom. The number of piperidine rings is 1. The van der Waals surface area contributed by atoms with Crippen molar-refractivity contribution in [3.05, 3.63) is 0 Å². The second-order valence-corrected chi connectivity index (χ2v) is 6.53. The molecule has 0 amide bonds. The standard InChI is InChI=1S/C14H30N2O/c1-5-11-6-8-16(9-7-11)12(10-17)13(15)14(2,3)4/h11-13,17H,5-10,15H2,1-4H3. The number of hydrogen-bond donors (Lipinski definition) is 2. The molecule has 0 bridgehead atoms. The Kier molecular flexibility index (Phi) is 5.42. The molecule has 1 heterocycles. The molecule has 1 aliphatic rings. The lowest BCUT2D eigenvalue weighted by Crippen LogP contribution is -2.57. The Balaban J connectivity index is 2.57.